The molecule has 0 amide bonds. The van der Waals surface area contributed by atoms with Gasteiger partial charge in [0, 0.05) is 10.5 Å². The summed E-state index contributed by atoms with van der Waals surface area (Å²) >= 11 is 1.71. The largest absolute Gasteiger partial charge is 0.490 e. The predicted octanol–water partition coefficient (Wildman–Crippen LogP) is 5.40. The minimum absolute atomic E-state index is 0.329. The van der Waals surface area contributed by atoms with Crippen LogP contribution in [0, 0.1) is 5.41 Å². The zero-order chi connectivity index (χ0) is 13.9. The van der Waals surface area contributed by atoms with Crippen LogP contribution in [0.1, 0.15) is 33.6 Å². The summed E-state index contributed by atoms with van der Waals surface area (Å²) in [5.41, 5.74) is 3.09. The summed E-state index contributed by atoms with van der Waals surface area (Å²) in [5.74, 6) is 0. The molecular formula is C17H22OS. The molecule has 0 unspecified atom stereocenters. The van der Waals surface area contributed by atoms with Gasteiger partial charge in [-0.1, -0.05) is 55.5 Å². The Morgan fingerprint density at radius 1 is 1.16 bits per heavy atom. The summed E-state index contributed by atoms with van der Waals surface area (Å²) in [4.78, 5) is 1.22. The maximum atomic E-state index is 5.63. The number of hydrogen-bond donors (Lipinski definition) is 0. The van der Waals surface area contributed by atoms with E-state index in [0.717, 1.165) is 11.5 Å². The topological polar surface area (TPSA) is 9.23 Å². The molecule has 0 saturated heterocycles. The SMILES string of the molecule is CO/C(Sc1ccccc1)=C1\C=C(C)CC(C)(C)C1. The lowest BCUT2D eigenvalue weighted by atomic mass is 9.76. The Morgan fingerprint density at radius 3 is 2.42 bits per heavy atom. The predicted molar refractivity (Wildman–Crippen MR) is 83.1 cm³/mol. The van der Waals surface area contributed by atoms with E-state index in [1.54, 1.807) is 18.9 Å². The second kappa shape index (κ2) is 5.87. The fraction of sp³-hybridized carbons (Fsp3) is 0.412. The lowest BCUT2D eigenvalue weighted by Crippen LogP contribution is -2.17. The van der Waals surface area contributed by atoms with E-state index in [1.807, 2.05) is 6.07 Å². The van der Waals surface area contributed by atoms with Crippen LogP contribution in [0.25, 0.3) is 0 Å². The average Bonchev–Trinajstić information content (AvgIpc) is 2.34. The quantitative estimate of drug-likeness (QED) is 0.539. The molecule has 0 fully saturated rings. The van der Waals surface area contributed by atoms with Gasteiger partial charge in [-0.2, -0.15) is 0 Å². The molecule has 2 heteroatoms. The molecule has 0 N–H and O–H groups in total. The molecule has 1 aromatic carbocycles. The zero-order valence-electron chi connectivity index (χ0n) is 12.2. The fourth-order valence-electron chi connectivity index (χ4n) is 2.70. The van der Waals surface area contributed by atoms with Crippen LogP contribution in [-0.2, 0) is 4.74 Å². The molecule has 1 nitrogen and oxygen atoms in total. The summed E-state index contributed by atoms with van der Waals surface area (Å²) in [5, 5.41) is 1.03. The maximum Gasteiger partial charge on any atom is 0.160 e. The second-order valence-electron chi connectivity index (χ2n) is 5.94. The van der Waals surface area contributed by atoms with Crippen LogP contribution in [0.15, 0.2) is 57.5 Å². The standard InChI is InChI=1S/C17H22OS/c1-13-10-14(12-17(2,3)11-13)16(18-4)19-15-8-6-5-7-9-15/h5-10H,11-12H2,1-4H3/b16-14-. The van der Waals surface area contributed by atoms with Crippen molar-refractivity contribution in [3.63, 3.8) is 0 Å². The molecule has 0 aromatic heterocycles. The summed E-state index contributed by atoms with van der Waals surface area (Å²) in [6.07, 6.45) is 4.54. The Kier molecular flexibility index (Phi) is 4.41. The summed E-state index contributed by atoms with van der Waals surface area (Å²) < 4.78 is 5.63. The third kappa shape index (κ3) is 3.90. The van der Waals surface area contributed by atoms with Crippen LogP contribution in [-0.4, -0.2) is 7.11 Å². The molecule has 2 rings (SSSR count). The number of ether oxygens (including phenoxy) is 1. The van der Waals surface area contributed by atoms with Crippen LogP contribution >= 0.6 is 11.8 Å². The van der Waals surface area contributed by atoms with Crippen LogP contribution < -0.4 is 0 Å². The molecule has 1 aromatic rings. The smallest absolute Gasteiger partial charge is 0.160 e. The van der Waals surface area contributed by atoms with Gasteiger partial charge in [0.15, 0.2) is 5.09 Å². The van der Waals surface area contributed by atoms with Gasteiger partial charge in [-0.15, -0.1) is 0 Å². The summed E-state index contributed by atoms with van der Waals surface area (Å²) in [7, 11) is 1.77. The van der Waals surface area contributed by atoms with Crippen LogP contribution in [0.5, 0.6) is 0 Å². The highest BCUT2D eigenvalue weighted by molar-refractivity contribution is 8.03. The third-order valence-corrected chi connectivity index (χ3v) is 4.37. The van der Waals surface area contributed by atoms with Crippen molar-refractivity contribution in [2.75, 3.05) is 7.11 Å². The van der Waals surface area contributed by atoms with Crippen LogP contribution in [0.2, 0.25) is 0 Å². The first kappa shape index (κ1) is 14.3. The minimum Gasteiger partial charge on any atom is -0.490 e. The van der Waals surface area contributed by atoms with Crippen molar-refractivity contribution in [3.05, 3.63) is 52.6 Å². The van der Waals surface area contributed by atoms with Gasteiger partial charge in [0.25, 0.3) is 0 Å². The second-order valence-corrected chi connectivity index (χ2v) is 6.99. The van der Waals surface area contributed by atoms with Crippen LogP contribution in [0.4, 0.5) is 0 Å². The van der Waals surface area contributed by atoms with Crippen molar-refractivity contribution < 1.29 is 4.74 Å². The molecule has 1 aliphatic rings. The van der Waals surface area contributed by atoms with Crippen molar-refractivity contribution in [2.45, 2.75) is 38.5 Å². The zero-order valence-corrected chi connectivity index (χ0v) is 13.0. The number of rotatable bonds is 3. The molecule has 19 heavy (non-hydrogen) atoms. The summed E-state index contributed by atoms with van der Waals surface area (Å²) in [6, 6.07) is 10.4. The van der Waals surface area contributed by atoms with E-state index in [4.69, 9.17) is 4.74 Å². The fourth-order valence-corrected chi connectivity index (χ4v) is 3.55. The first-order chi connectivity index (χ1) is 9.00. The number of thioether (sulfide) groups is 1. The van der Waals surface area contributed by atoms with Crippen molar-refractivity contribution in [1.82, 2.24) is 0 Å². The van der Waals surface area contributed by atoms with E-state index in [0.29, 0.717) is 5.41 Å². The number of benzene rings is 1. The van der Waals surface area contributed by atoms with E-state index >= 15 is 0 Å². The van der Waals surface area contributed by atoms with E-state index < -0.39 is 0 Å². The Morgan fingerprint density at radius 2 is 1.84 bits per heavy atom. The highest BCUT2D eigenvalue weighted by Crippen LogP contribution is 2.41. The van der Waals surface area contributed by atoms with Gasteiger partial charge < -0.3 is 4.74 Å². The molecule has 0 atom stereocenters. The van der Waals surface area contributed by atoms with E-state index in [-0.39, 0.29) is 0 Å². The lowest BCUT2D eigenvalue weighted by Gasteiger charge is -2.31. The minimum atomic E-state index is 0.329. The van der Waals surface area contributed by atoms with E-state index in [9.17, 15) is 0 Å². The number of allylic oxidation sites excluding steroid dienone is 3. The highest BCUT2D eigenvalue weighted by atomic mass is 32.2. The Bertz CT molecular complexity index is 497. The molecule has 0 bridgehead atoms. The number of hydrogen-bond acceptors (Lipinski definition) is 2. The first-order valence-electron chi connectivity index (χ1n) is 6.67. The van der Waals surface area contributed by atoms with Gasteiger partial charge in [0.05, 0.1) is 7.11 Å². The van der Waals surface area contributed by atoms with Gasteiger partial charge >= 0.3 is 0 Å². The molecule has 102 valence electrons. The normalized spacial score (nSPS) is 20.7. The van der Waals surface area contributed by atoms with Crippen molar-refractivity contribution in [3.8, 4) is 0 Å². The van der Waals surface area contributed by atoms with E-state index in [1.165, 1.54) is 22.5 Å². The Hall–Kier alpha value is -1.15. The lowest BCUT2D eigenvalue weighted by molar-refractivity contribution is 0.303. The van der Waals surface area contributed by atoms with E-state index in [2.05, 4.69) is 51.1 Å². The molecule has 0 radical (unpaired) electrons. The Balaban J connectivity index is 2.29. The maximum absolute atomic E-state index is 5.63. The van der Waals surface area contributed by atoms with Crippen molar-refractivity contribution in [1.29, 1.82) is 0 Å². The number of methoxy groups -OCH3 is 1. The van der Waals surface area contributed by atoms with Gasteiger partial charge in [0.2, 0.25) is 0 Å². The molecule has 0 aliphatic heterocycles. The van der Waals surface area contributed by atoms with Gasteiger partial charge in [-0.05, 0) is 37.3 Å². The van der Waals surface area contributed by atoms with Crippen molar-refractivity contribution >= 4 is 11.8 Å². The van der Waals surface area contributed by atoms with Gasteiger partial charge in [-0.3, -0.25) is 0 Å². The first-order valence-corrected chi connectivity index (χ1v) is 7.49. The summed E-state index contributed by atoms with van der Waals surface area (Å²) in [6.45, 7) is 6.86. The molecule has 0 heterocycles. The van der Waals surface area contributed by atoms with Crippen LogP contribution in [0.3, 0.4) is 0 Å². The Labute approximate surface area is 120 Å². The van der Waals surface area contributed by atoms with Gasteiger partial charge in [0.1, 0.15) is 0 Å². The van der Waals surface area contributed by atoms with Gasteiger partial charge in [-0.25, -0.2) is 0 Å². The monoisotopic (exact) mass is 274 g/mol. The average molecular weight is 274 g/mol. The third-order valence-electron chi connectivity index (χ3n) is 3.25. The molecular weight excluding hydrogens is 252 g/mol. The van der Waals surface area contributed by atoms with Crippen molar-refractivity contribution in [2.24, 2.45) is 5.41 Å². The molecule has 0 saturated carbocycles. The molecule has 0 spiro atoms. The highest BCUT2D eigenvalue weighted by Gasteiger charge is 2.26. The molecule has 1 aliphatic carbocycles.